The number of hydrogen-bond acceptors (Lipinski definition) is 6. The summed E-state index contributed by atoms with van der Waals surface area (Å²) in [7, 11) is 1.61. The van der Waals surface area contributed by atoms with Gasteiger partial charge in [-0.15, -0.1) is 0 Å². The Labute approximate surface area is 193 Å². The van der Waals surface area contributed by atoms with Crippen molar-refractivity contribution < 1.29 is 14.3 Å². The smallest absolute Gasteiger partial charge is 0.338 e. The molecule has 174 valence electrons. The normalized spacial score (nSPS) is 20.2. The maximum absolute atomic E-state index is 13.5. The topological polar surface area (TPSA) is 84.7 Å². The van der Waals surface area contributed by atoms with E-state index in [2.05, 4.69) is 23.0 Å². The zero-order valence-electron chi connectivity index (χ0n) is 19.3. The summed E-state index contributed by atoms with van der Waals surface area (Å²) in [5, 5.41) is 4.31. The van der Waals surface area contributed by atoms with Crippen molar-refractivity contribution in [2.24, 2.45) is 12.5 Å². The molecule has 0 unspecified atom stereocenters. The van der Waals surface area contributed by atoms with Crippen molar-refractivity contribution in [1.29, 1.82) is 0 Å². The van der Waals surface area contributed by atoms with Crippen LogP contribution in [-0.4, -0.2) is 52.7 Å². The van der Waals surface area contributed by atoms with E-state index in [-0.39, 0.29) is 22.9 Å². The Balaban J connectivity index is 1.22. The molecule has 0 N–H and O–H groups in total. The van der Waals surface area contributed by atoms with Crippen LogP contribution in [0, 0.1) is 12.3 Å². The number of esters is 1. The van der Waals surface area contributed by atoms with E-state index in [1.165, 1.54) is 16.3 Å². The molecular formula is C25H30N4O4. The highest BCUT2D eigenvalue weighted by molar-refractivity contribution is 5.97. The van der Waals surface area contributed by atoms with Crippen molar-refractivity contribution in [2.45, 2.75) is 45.6 Å². The largest absolute Gasteiger partial charge is 0.457 e. The van der Waals surface area contributed by atoms with Crippen molar-refractivity contribution in [3.8, 4) is 0 Å². The summed E-state index contributed by atoms with van der Waals surface area (Å²) in [6.07, 6.45) is 4.48. The predicted octanol–water partition coefficient (Wildman–Crippen LogP) is 2.21. The standard InChI is InChI=1S/C25H30N4O4/c1-17-18(4-5-19-20(17)16-33-23(19)31)8-13-28-14-10-25(11-15-28)9-3-12-29(24(25)32)21-6-7-22(30)27(2)26-21/h4-7H,3,8-16H2,1-2H3. The number of piperidine rings is 2. The van der Waals surface area contributed by atoms with Gasteiger partial charge in [-0.25, -0.2) is 9.48 Å². The Bertz CT molecular complexity index is 1160. The van der Waals surface area contributed by atoms with Gasteiger partial charge in [0.2, 0.25) is 5.91 Å². The van der Waals surface area contributed by atoms with Gasteiger partial charge in [0.1, 0.15) is 6.61 Å². The number of ether oxygens (including phenoxy) is 1. The van der Waals surface area contributed by atoms with Crippen LogP contribution in [0.5, 0.6) is 0 Å². The second kappa shape index (κ2) is 8.41. The Morgan fingerprint density at radius 1 is 1.03 bits per heavy atom. The average Bonchev–Trinajstić information content (AvgIpc) is 3.20. The lowest BCUT2D eigenvalue weighted by Crippen LogP contribution is -2.54. The first-order chi connectivity index (χ1) is 15.9. The van der Waals surface area contributed by atoms with E-state index >= 15 is 0 Å². The first-order valence-corrected chi connectivity index (χ1v) is 11.8. The maximum atomic E-state index is 13.5. The van der Waals surface area contributed by atoms with E-state index < -0.39 is 0 Å². The molecular weight excluding hydrogens is 420 g/mol. The summed E-state index contributed by atoms with van der Waals surface area (Å²) in [5.74, 6) is 0.497. The molecule has 3 aliphatic rings. The quantitative estimate of drug-likeness (QED) is 0.664. The first-order valence-electron chi connectivity index (χ1n) is 11.8. The van der Waals surface area contributed by atoms with Crippen LogP contribution >= 0.6 is 0 Å². The van der Waals surface area contributed by atoms with Gasteiger partial charge in [0.05, 0.1) is 11.0 Å². The molecule has 1 aromatic carbocycles. The first kappa shape index (κ1) is 21.8. The highest BCUT2D eigenvalue weighted by Gasteiger charge is 2.46. The van der Waals surface area contributed by atoms with Gasteiger partial charge in [-0.1, -0.05) is 6.07 Å². The van der Waals surface area contributed by atoms with Gasteiger partial charge in [-0.3, -0.25) is 14.5 Å². The highest BCUT2D eigenvalue weighted by Crippen LogP contribution is 2.42. The number of hydrogen-bond donors (Lipinski definition) is 0. The van der Waals surface area contributed by atoms with E-state index in [9.17, 15) is 14.4 Å². The lowest BCUT2D eigenvalue weighted by atomic mass is 9.71. The van der Waals surface area contributed by atoms with E-state index in [4.69, 9.17) is 4.74 Å². The summed E-state index contributed by atoms with van der Waals surface area (Å²) in [6.45, 7) is 5.83. The second-order valence-corrected chi connectivity index (χ2v) is 9.54. The number of nitrogens with zero attached hydrogens (tertiary/aromatic N) is 4. The minimum absolute atomic E-state index is 0.152. The van der Waals surface area contributed by atoms with Gasteiger partial charge in [-0.2, -0.15) is 5.10 Å². The number of aryl methyl sites for hydroxylation is 1. The number of carbonyl (C=O) groups is 2. The molecule has 0 aliphatic carbocycles. The fourth-order valence-electron chi connectivity index (χ4n) is 5.54. The molecule has 2 fully saturated rings. The number of anilines is 1. The van der Waals surface area contributed by atoms with Crippen LogP contribution in [0.4, 0.5) is 5.82 Å². The second-order valence-electron chi connectivity index (χ2n) is 9.54. The van der Waals surface area contributed by atoms with Gasteiger partial charge >= 0.3 is 5.97 Å². The molecule has 1 amide bonds. The number of aromatic nitrogens is 2. The van der Waals surface area contributed by atoms with Gasteiger partial charge in [0.15, 0.2) is 5.82 Å². The molecule has 2 saturated heterocycles. The molecule has 4 heterocycles. The third kappa shape index (κ3) is 3.86. The van der Waals surface area contributed by atoms with E-state index in [1.54, 1.807) is 18.0 Å². The van der Waals surface area contributed by atoms with Gasteiger partial charge in [0, 0.05) is 31.8 Å². The highest BCUT2D eigenvalue weighted by atomic mass is 16.5. The van der Waals surface area contributed by atoms with Crippen LogP contribution in [-0.2, 0) is 29.6 Å². The van der Waals surface area contributed by atoms with Crippen molar-refractivity contribution >= 4 is 17.7 Å². The SMILES string of the molecule is Cc1c(CCN2CCC3(CCCN(c4ccc(=O)n(C)n4)C3=O)CC2)ccc2c1COC2=O. The summed E-state index contributed by atoms with van der Waals surface area (Å²) in [5.41, 5.74) is 3.64. The molecule has 1 spiro atoms. The molecule has 8 nitrogen and oxygen atoms in total. The van der Waals surface area contributed by atoms with Crippen LogP contribution in [0.1, 0.15) is 52.7 Å². The molecule has 33 heavy (non-hydrogen) atoms. The van der Waals surface area contributed by atoms with Crippen LogP contribution in [0.2, 0.25) is 0 Å². The Morgan fingerprint density at radius 2 is 1.82 bits per heavy atom. The lowest BCUT2D eigenvalue weighted by Gasteiger charge is -2.46. The monoisotopic (exact) mass is 450 g/mol. The van der Waals surface area contributed by atoms with Gasteiger partial charge < -0.3 is 9.64 Å². The summed E-state index contributed by atoms with van der Waals surface area (Å²) < 4.78 is 6.46. The zero-order chi connectivity index (χ0) is 23.2. The number of carbonyl (C=O) groups excluding carboxylic acids is 2. The molecule has 0 atom stereocenters. The predicted molar refractivity (Wildman–Crippen MR) is 123 cm³/mol. The third-order valence-corrected chi connectivity index (χ3v) is 7.75. The molecule has 0 radical (unpaired) electrons. The molecule has 8 heteroatoms. The number of benzene rings is 1. The molecule has 5 rings (SSSR count). The number of amides is 1. The number of likely N-dealkylation sites (tertiary alicyclic amines) is 1. The van der Waals surface area contributed by atoms with Gasteiger partial charge in [0.25, 0.3) is 5.56 Å². The van der Waals surface area contributed by atoms with E-state index in [1.807, 2.05) is 6.07 Å². The van der Waals surface area contributed by atoms with Crippen molar-refractivity contribution in [3.05, 3.63) is 56.9 Å². The molecule has 3 aliphatic heterocycles. The molecule has 2 aromatic rings. The summed E-state index contributed by atoms with van der Waals surface area (Å²) in [4.78, 5) is 41.2. The average molecular weight is 451 g/mol. The van der Waals surface area contributed by atoms with E-state index in [0.717, 1.165) is 62.9 Å². The van der Waals surface area contributed by atoms with Crippen LogP contribution in [0.15, 0.2) is 29.1 Å². The fourth-order valence-corrected chi connectivity index (χ4v) is 5.54. The zero-order valence-corrected chi connectivity index (χ0v) is 19.3. The molecule has 0 bridgehead atoms. The third-order valence-electron chi connectivity index (χ3n) is 7.75. The van der Waals surface area contributed by atoms with Gasteiger partial charge in [-0.05, 0) is 75.4 Å². The molecule has 1 aromatic heterocycles. The fraction of sp³-hybridized carbons (Fsp3) is 0.520. The summed E-state index contributed by atoms with van der Waals surface area (Å²) >= 11 is 0. The summed E-state index contributed by atoms with van der Waals surface area (Å²) in [6, 6.07) is 7.07. The minimum atomic E-state index is -0.327. The lowest BCUT2D eigenvalue weighted by molar-refractivity contribution is -0.133. The molecule has 0 saturated carbocycles. The van der Waals surface area contributed by atoms with Crippen LogP contribution < -0.4 is 10.5 Å². The van der Waals surface area contributed by atoms with Crippen molar-refractivity contribution in [3.63, 3.8) is 0 Å². The maximum Gasteiger partial charge on any atom is 0.338 e. The Hall–Kier alpha value is -3.00. The van der Waals surface area contributed by atoms with Crippen LogP contribution in [0.25, 0.3) is 0 Å². The van der Waals surface area contributed by atoms with Crippen molar-refractivity contribution in [2.75, 3.05) is 31.1 Å². The Morgan fingerprint density at radius 3 is 2.58 bits per heavy atom. The van der Waals surface area contributed by atoms with Crippen LogP contribution in [0.3, 0.4) is 0 Å². The van der Waals surface area contributed by atoms with E-state index in [0.29, 0.717) is 24.5 Å². The number of rotatable bonds is 4. The number of fused-ring (bicyclic) bond motifs is 1. The minimum Gasteiger partial charge on any atom is -0.457 e. The number of cyclic esters (lactones) is 1. The van der Waals surface area contributed by atoms with Crippen molar-refractivity contribution in [1.82, 2.24) is 14.7 Å². The Kier molecular flexibility index (Phi) is 5.56.